The van der Waals surface area contributed by atoms with Crippen LogP contribution in [0.5, 0.6) is 11.5 Å². The summed E-state index contributed by atoms with van der Waals surface area (Å²) in [6.45, 7) is 0.299. The van der Waals surface area contributed by atoms with Crippen molar-refractivity contribution in [3.05, 3.63) is 52.0 Å². The maximum atomic E-state index is 12.1. The fraction of sp³-hybridized carbons (Fsp3) is 0.222. The summed E-state index contributed by atoms with van der Waals surface area (Å²) in [5.74, 6) is -0.915. The van der Waals surface area contributed by atoms with Gasteiger partial charge in [-0.05, 0) is 24.1 Å². The number of amides is 2. The number of anilines is 1. The molecule has 8 heteroatoms. The molecular formula is C18H18Cl2N2O4. The highest BCUT2D eigenvalue weighted by Crippen LogP contribution is 2.35. The second kappa shape index (κ2) is 9.31. The first kappa shape index (κ1) is 19.9. The Bertz CT molecular complexity index is 812. The van der Waals surface area contributed by atoms with Gasteiger partial charge in [0.25, 0.3) is 0 Å². The van der Waals surface area contributed by atoms with Crippen LogP contribution in [0.1, 0.15) is 5.56 Å². The maximum absolute atomic E-state index is 12.1. The molecule has 0 aliphatic carbocycles. The van der Waals surface area contributed by atoms with Crippen molar-refractivity contribution in [1.29, 1.82) is 0 Å². The van der Waals surface area contributed by atoms with Crippen molar-refractivity contribution in [2.45, 2.75) is 6.42 Å². The van der Waals surface area contributed by atoms with Crippen LogP contribution in [-0.2, 0) is 16.0 Å². The van der Waals surface area contributed by atoms with Gasteiger partial charge < -0.3 is 20.1 Å². The molecule has 2 aromatic carbocycles. The summed E-state index contributed by atoms with van der Waals surface area (Å²) in [5, 5.41) is 5.99. The summed E-state index contributed by atoms with van der Waals surface area (Å²) in [5.41, 5.74) is 1.24. The molecular weight excluding hydrogens is 379 g/mol. The number of benzene rings is 2. The molecule has 0 bridgehead atoms. The normalized spacial score (nSPS) is 10.2. The summed E-state index contributed by atoms with van der Waals surface area (Å²) in [4.78, 5) is 24.1. The van der Waals surface area contributed by atoms with E-state index in [1.165, 1.54) is 26.4 Å². The Morgan fingerprint density at radius 1 is 1.00 bits per heavy atom. The number of nitrogens with one attached hydrogen (secondary N) is 2. The summed E-state index contributed by atoms with van der Waals surface area (Å²) in [6, 6.07) is 10.3. The van der Waals surface area contributed by atoms with Gasteiger partial charge in [-0.3, -0.25) is 9.59 Å². The predicted molar refractivity (Wildman–Crippen MR) is 101 cm³/mol. The van der Waals surface area contributed by atoms with E-state index in [-0.39, 0.29) is 5.69 Å². The molecule has 6 nitrogen and oxygen atoms in total. The SMILES string of the molecule is COc1cc(NC(=O)C(=O)NCCc2cccc(Cl)c2)c(OC)cc1Cl. The molecule has 0 atom stereocenters. The maximum Gasteiger partial charge on any atom is 0.313 e. The minimum atomic E-state index is -0.821. The van der Waals surface area contributed by atoms with Crippen LogP contribution in [0.15, 0.2) is 36.4 Å². The van der Waals surface area contributed by atoms with Gasteiger partial charge in [0.15, 0.2) is 0 Å². The largest absolute Gasteiger partial charge is 0.495 e. The van der Waals surface area contributed by atoms with Gasteiger partial charge in [0, 0.05) is 23.7 Å². The van der Waals surface area contributed by atoms with E-state index in [0.717, 1.165) is 5.56 Å². The lowest BCUT2D eigenvalue weighted by molar-refractivity contribution is -0.136. The lowest BCUT2D eigenvalue weighted by atomic mass is 10.1. The van der Waals surface area contributed by atoms with Crippen LogP contribution >= 0.6 is 23.2 Å². The van der Waals surface area contributed by atoms with E-state index in [2.05, 4.69) is 10.6 Å². The number of carbonyl (C=O) groups is 2. The fourth-order valence-corrected chi connectivity index (χ4v) is 2.67. The molecule has 0 aliphatic rings. The molecule has 0 radical (unpaired) electrons. The molecule has 26 heavy (non-hydrogen) atoms. The average Bonchev–Trinajstić information content (AvgIpc) is 2.62. The standard InChI is InChI=1S/C18H18Cl2N2O4/c1-25-15-10-14(16(26-2)9-13(15)20)22-18(24)17(23)21-7-6-11-4-3-5-12(19)8-11/h3-5,8-10H,6-7H2,1-2H3,(H,21,23)(H,22,24). The minimum Gasteiger partial charge on any atom is -0.495 e. The molecule has 0 saturated heterocycles. The molecule has 0 heterocycles. The van der Waals surface area contributed by atoms with E-state index in [4.69, 9.17) is 32.7 Å². The van der Waals surface area contributed by atoms with Crippen LogP contribution in [0.2, 0.25) is 10.0 Å². The van der Waals surface area contributed by atoms with E-state index in [9.17, 15) is 9.59 Å². The van der Waals surface area contributed by atoms with Crippen LogP contribution in [0.25, 0.3) is 0 Å². The van der Waals surface area contributed by atoms with E-state index in [1.807, 2.05) is 12.1 Å². The number of hydrogen-bond donors (Lipinski definition) is 2. The highest BCUT2D eigenvalue weighted by molar-refractivity contribution is 6.40. The van der Waals surface area contributed by atoms with Crippen LogP contribution < -0.4 is 20.1 Å². The average molecular weight is 397 g/mol. The zero-order chi connectivity index (χ0) is 19.1. The molecule has 0 aromatic heterocycles. The van der Waals surface area contributed by atoms with Gasteiger partial charge in [0.2, 0.25) is 0 Å². The van der Waals surface area contributed by atoms with E-state index < -0.39 is 11.8 Å². The van der Waals surface area contributed by atoms with E-state index in [0.29, 0.717) is 34.5 Å². The molecule has 2 N–H and O–H groups in total. The van der Waals surface area contributed by atoms with Crippen molar-refractivity contribution >= 4 is 40.7 Å². The number of halogens is 2. The van der Waals surface area contributed by atoms with Crippen molar-refractivity contribution in [1.82, 2.24) is 5.32 Å². The third-order valence-electron chi connectivity index (χ3n) is 3.52. The molecule has 2 rings (SSSR count). The zero-order valence-electron chi connectivity index (χ0n) is 14.3. The number of hydrogen-bond acceptors (Lipinski definition) is 4. The van der Waals surface area contributed by atoms with Crippen molar-refractivity contribution < 1.29 is 19.1 Å². The van der Waals surface area contributed by atoms with Gasteiger partial charge in [-0.25, -0.2) is 0 Å². The van der Waals surface area contributed by atoms with Crippen LogP contribution in [0.4, 0.5) is 5.69 Å². The Kier molecular flexibility index (Phi) is 7.12. The van der Waals surface area contributed by atoms with Gasteiger partial charge in [0.1, 0.15) is 11.5 Å². The quantitative estimate of drug-likeness (QED) is 0.734. The first-order chi connectivity index (χ1) is 12.4. The highest BCUT2D eigenvalue weighted by atomic mass is 35.5. The number of methoxy groups -OCH3 is 2. The Morgan fingerprint density at radius 2 is 1.73 bits per heavy atom. The minimum absolute atomic E-state index is 0.281. The molecule has 0 saturated carbocycles. The van der Waals surface area contributed by atoms with Gasteiger partial charge in [-0.2, -0.15) is 0 Å². The Morgan fingerprint density at radius 3 is 2.38 bits per heavy atom. The Balaban J connectivity index is 1.95. The van der Waals surface area contributed by atoms with Crippen LogP contribution in [0, 0.1) is 0 Å². The van der Waals surface area contributed by atoms with Gasteiger partial charge in [0.05, 0.1) is 24.9 Å². The number of carbonyl (C=O) groups excluding carboxylic acids is 2. The van der Waals surface area contributed by atoms with Crippen molar-refractivity contribution in [3.63, 3.8) is 0 Å². The Hall–Kier alpha value is -2.44. The molecule has 0 spiro atoms. The lowest BCUT2D eigenvalue weighted by Gasteiger charge is -2.13. The fourth-order valence-electron chi connectivity index (χ4n) is 2.23. The zero-order valence-corrected chi connectivity index (χ0v) is 15.8. The van der Waals surface area contributed by atoms with Gasteiger partial charge in [-0.15, -0.1) is 0 Å². The number of rotatable bonds is 6. The summed E-state index contributed by atoms with van der Waals surface area (Å²) in [7, 11) is 2.88. The first-order valence-corrected chi connectivity index (χ1v) is 8.45. The highest BCUT2D eigenvalue weighted by Gasteiger charge is 2.17. The number of ether oxygens (including phenoxy) is 2. The predicted octanol–water partition coefficient (Wildman–Crippen LogP) is 3.31. The molecule has 0 aliphatic heterocycles. The van der Waals surface area contributed by atoms with Crippen LogP contribution in [0.3, 0.4) is 0 Å². The van der Waals surface area contributed by atoms with Gasteiger partial charge in [-0.1, -0.05) is 35.3 Å². The third-order valence-corrected chi connectivity index (χ3v) is 4.05. The first-order valence-electron chi connectivity index (χ1n) is 7.69. The summed E-state index contributed by atoms with van der Waals surface area (Å²) < 4.78 is 10.3. The van der Waals surface area contributed by atoms with E-state index >= 15 is 0 Å². The molecule has 2 aromatic rings. The third kappa shape index (κ3) is 5.28. The topological polar surface area (TPSA) is 76.7 Å². The molecule has 138 valence electrons. The van der Waals surface area contributed by atoms with E-state index in [1.54, 1.807) is 12.1 Å². The van der Waals surface area contributed by atoms with Crippen LogP contribution in [-0.4, -0.2) is 32.6 Å². The smallest absolute Gasteiger partial charge is 0.313 e. The molecule has 0 unspecified atom stereocenters. The molecule has 0 fully saturated rings. The summed E-state index contributed by atoms with van der Waals surface area (Å²) >= 11 is 11.9. The van der Waals surface area contributed by atoms with Gasteiger partial charge >= 0.3 is 11.8 Å². The van der Waals surface area contributed by atoms with Crippen molar-refractivity contribution in [2.24, 2.45) is 0 Å². The summed E-state index contributed by atoms with van der Waals surface area (Å²) in [6.07, 6.45) is 0.553. The van der Waals surface area contributed by atoms with Crippen molar-refractivity contribution in [2.75, 3.05) is 26.1 Å². The van der Waals surface area contributed by atoms with Crippen molar-refractivity contribution in [3.8, 4) is 11.5 Å². The second-order valence-electron chi connectivity index (χ2n) is 5.28. The molecule has 2 amide bonds. The monoisotopic (exact) mass is 396 g/mol. The lowest BCUT2D eigenvalue weighted by Crippen LogP contribution is -2.36. The second-order valence-corrected chi connectivity index (χ2v) is 6.12. The Labute approximate surface area is 161 Å².